The van der Waals surface area contributed by atoms with E-state index in [2.05, 4.69) is 70.3 Å². The van der Waals surface area contributed by atoms with Crippen LogP contribution in [0.25, 0.3) is 0 Å². The van der Waals surface area contributed by atoms with Gasteiger partial charge in [0.1, 0.15) is 5.75 Å². The van der Waals surface area contributed by atoms with Crippen molar-refractivity contribution in [2.24, 2.45) is 5.92 Å². The zero-order valence-corrected chi connectivity index (χ0v) is 17.1. The van der Waals surface area contributed by atoms with Gasteiger partial charge in [0, 0.05) is 18.4 Å². The summed E-state index contributed by atoms with van der Waals surface area (Å²) in [5, 5.41) is 7.97. The van der Waals surface area contributed by atoms with Crippen LogP contribution in [-0.4, -0.2) is 18.1 Å². The molecule has 0 radical (unpaired) electrons. The summed E-state index contributed by atoms with van der Waals surface area (Å²) in [6.07, 6.45) is 3.91. The van der Waals surface area contributed by atoms with Gasteiger partial charge in [0.2, 0.25) is 8.32 Å². The minimum absolute atomic E-state index is 0.203. The van der Waals surface area contributed by atoms with Gasteiger partial charge in [0.25, 0.3) is 0 Å². The van der Waals surface area contributed by atoms with E-state index in [0.717, 1.165) is 23.7 Å². The Kier molecular flexibility index (Phi) is 5.43. The van der Waals surface area contributed by atoms with Crippen LogP contribution in [0.3, 0.4) is 0 Å². The van der Waals surface area contributed by atoms with Crippen LogP contribution in [0.2, 0.25) is 18.1 Å². The Morgan fingerprint density at radius 2 is 1.75 bits per heavy atom. The molecule has 0 spiro atoms. The highest BCUT2D eigenvalue weighted by Crippen LogP contribution is 2.37. The monoisotopic (exact) mass is 345 g/mol. The van der Waals surface area contributed by atoms with Crippen LogP contribution in [0.4, 0.5) is 11.4 Å². The van der Waals surface area contributed by atoms with E-state index in [1.165, 1.54) is 0 Å². The van der Waals surface area contributed by atoms with Crippen LogP contribution in [0.1, 0.15) is 34.6 Å². The van der Waals surface area contributed by atoms with Gasteiger partial charge < -0.3 is 9.74 Å². The molecule has 0 fully saturated rings. The minimum atomic E-state index is -1.78. The van der Waals surface area contributed by atoms with E-state index in [1.807, 2.05) is 29.2 Å². The first-order chi connectivity index (χ1) is 11.1. The van der Waals surface area contributed by atoms with Gasteiger partial charge in [0.15, 0.2) is 0 Å². The Bertz CT molecular complexity index is 654. The quantitative estimate of drug-likeness (QED) is 0.686. The van der Waals surface area contributed by atoms with Crippen molar-refractivity contribution in [3.05, 3.63) is 36.7 Å². The molecule has 0 bridgehead atoms. The van der Waals surface area contributed by atoms with Crippen molar-refractivity contribution in [2.45, 2.75) is 59.3 Å². The largest absolute Gasteiger partial charge is 0.544 e. The van der Waals surface area contributed by atoms with Crippen LogP contribution in [0.5, 0.6) is 5.75 Å². The van der Waals surface area contributed by atoms with E-state index >= 15 is 0 Å². The normalized spacial score (nSPS) is 12.5. The number of aromatic nitrogens is 2. The molecule has 0 saturated heterocycles. The average Bonchev–Trinajstić information content (AvgIpc) is 2.86. The number of nitrogens with one attached hydrogen (secondary N) is 1. The molecule has 1 heterocycles. The highest BCUT2D eigenvalue weighted by Gasteiger charge is 2.38. The van der Waals surface area contributed by atoms with Crippen molar-refractivity contribution in [3.8, 4) is 5.75 Å². The molecular formula is C19H31N3OSi. The summed E-state index contributed by atoms with van der Waals surface area (Å²) in [6, 6.07) is 8.20. The lowest BCUT2D eigenvalue weighted by Crippen LogP contribution is -2.43. The van der Waals surface area contributed by atoms with E-state index in [1.54, 1.807) is 0 Å². The second kappa shape index (κ2) is 7.01. The number of rotatable bonds is 6. The van der Waals surface area contributed by atoms with Crippen molar-refractivity contribution in [3.63, 3.8) is 0 Å². The second-order valence-electron chi connectivity index (χ2n) is 8.36. The molecule has 0 atom stereocenters. The second-order valence-corrected chi connectivity index (χ2v) is 13.1. The molecule has 2 rings (SSSR count). The van der Waals surface area contributed by atoms with E-state index in [4.69, 9.17) is 4.43 Å². The molecule has 5 heteroatoms. The lowest BCUT2D eigenvalue weighted by Gasteiger charge is -2.36. The van der Waals surface area contributed by atoms with E-state index in [9.17, 15) is 0 Å². The SMILES string of the molecule is CC(C)Cn1cc(Nc2ccc(O[Si](C)(C)C(C)(C)C)cc2)cn1. The van der Waals surface area contributed by atoms with Gasteiger partial charge in [-0.1, -0.05) is 34.6 Å². The van der Waals surface area contributed by atoms with Crippen LogP contribution in [0.15, 0.2) is 36.7 Å². The summed E-state index contributed by atoms with van der Waals surface area (Å²) in [6.45, 7) is 16.6. The molecule has 2 aromatic rings. The maximum Gasteiger partial charge on any atom is 0.250 e. The number of hydrogen-bond donors (Lipinski definition) is 1. The topological polar surface area (TPSA) is 39.1 Å². The third-order valence-corrected chi connectivity index (χ3v) is 8.87. The van der Waals surface area contributed by atoms with Crippen LogP contribution in [0, 0.1) is 5.92 Å². The number of benzene rings is 1. The molecule has 1 aromatic heterocycles. The molecule has 1 N–H and O–H groups in total. The molecule has 0 aliphatic carbocycles. The maximum atomic E-state index is 6.31. The predicted octanol–water partition coefficient (Wildman–Crippen LogP) is 5.67. The van der Waals surface area contributed by atoms with Crippen LogP contribution in [-0.2, 0) is 6.54 Å². The molecule has 4 nitrogen and oxygen atoms in total. The van der Waals surface area contributed by atoms with Crippen LogP contribution >= 0.6 is 0 Å². The average molecular weight is 346 g/mol. The van der Waals surface area contributed by atoms with E-state index in [-0.39, 0.29) is 5.04 Å². The smallest absolute Gasteiger partial charge is 0.250 e. The third kappa shape index (κ3) is 4.87. The number of anilines is 2. The van der Waals surface area contributed by atoms with Gasteiger partial charge >= 0.3 is 0 Å². The zero-order valence-electron chi connectivity index (χ0n) is 16.1. The van der Waals surface area contributed by atoms with Gasteiger partial charge in [-0.2, -0.15) is 5.10 Å². The van der Waals surface area contributed by atoms with Gasteiger partial charge in [-0.15, -0.1) is 0 Å². The van der Waals surface area contributed by atoms with Crippen molar-refractivity contribution >= 4 is 19.7 Å². The standard InChI is InChI=1S/C19H31N3OSi/c1-15(2)13-22-14-17(12-20-22)21-16-8-10-18(11-9-16)23-24(6,7)19(3,4)5/h8-12,14-15,21H,13H2,1-7H3. The summed E-state index contributed by atoms with van der Waals surface area (Å²) in [5.74, 6) is 1.53. The molecule has 0 amide bonds. The third-order valence-electron chi connectivity index (χ3n) is 4.51. The van der Waals surface area contributed by atoms with E-state index in [0.29, 0.717) is 5.92 Å². The van der Waals surface area contributed by atoms with Crippen molar-refractivity contribution in [1.82, 2.24) is 9.78 Å². The van der Waals surface area contributed by atoms with Crippen molar-refractivity contribution in [1.29, 1.82) is 0 Å². The first-order valence-corrected chi connectivity index (χ1v) is 11.6. The first kappa shape index (κ1) is 18.6. The lowest BCUT2D eigenvalue weighted by molar-refractivity contribution is 0.483. The van der Waals surface area contributed by atoms with Gasteiger partial charge in [0.05, 0.1) is 11.9 Å². The summed E-state index contributed by atoms with van der Waals surface area (Å²) >= 11 is 0. The van der Waals surface area contributed by atoms with E-state index < -0.39 is 8.32 Å². The molecule has 0 aliphatic heterocycles. The molecule has 0 unspecified atom stereocenters. The molecule has 1 aromatic carbocycles. The van der Waals surface area contributed by atoms with Crippen molar-refractivity contribution < 1.29 is 4.43 Å². The molecule has 132 valence electrons. The maximum absolute atomic E-state index is 6.31. The van der Waals surface area contributed by atoms with Gasteiger partial charge in [-0.3, -0.25) is 4.68 Å². The summed E-state index contributed by atoms with van der Waals surface area (Å²) < 4.78 is 8.29. The Labute approximate surface area is 147 Å². The summed E-state index contributed by atoms with van der Waals surface area (Å²) in [7, 11) is -1.78. The fraction of sp³-hybridized carbons (Fsp3) is 0.526. The molecule has 0 aliphatic rings. The molecule has 0 saturated carbocycles. The van der Waals surface area contributed by atoms with Gasteiger partial charge in [-0.25, -0.2) is 0 Å². The molecule has 24 heavy (non-hydrogen) atoms. The Balaban J connectivity index is 2.01. The highest BCUT2D eigenvalue weighted by molar-refractivity contribution is 6.74. The lowest BCUT2D eigenvalue weighted by atomic mass is 10.2. The molecular weight excluding hydrogens is 314 g/mol. The Hall–Kier alpha value is -1.75. The number of hydrogen-bond acceptors (Lipinski definition) is 3. The fourth-order valence-corrected chi connectivity index (χ4v) is 3.15. The fourth-order valence-electron chi connectivity index (χ4n) is 2.12. The zero-order chi connectivity index (χ0) is 18.0. The van der Waals surface area contributed by atoms with Gasteiger partial charge in [-0.05, 0) is 48.3 Å². The predicted molar refractivity (Wildman–Crippen MR) is 105 cm³/mol. The van der Waals surface area contributed by atoms with Crippen LogP contribution < -0.4 is 9.74 Å². The van der Waals surface area contributed by atoms with Crippen molar-refractivity contribution in [2.75, 3.05) is 5.32 Å². The minimum Gasteiger partial charge on any atom is -0.544 e. The summed E-state index contributed by atoms with van der Waals surface area (Å²) in [5.41, 5.74) is 2.05. The Morgan fingerprint density at radius 3 is 2.29 bits per heavy atom. The highest BCUT2D eigenvalue weighted by atomic mass is 28.4. The summed E-state index contributed by atoms with van der Waals surface area (Å²) in [4.78, 5) is 0. The Morgan fingerprint density at radius 1 is 1.12 bits per heavy atom. The number of nitrogens with zero attached hydrogens (tertiary/aromatic N) is 2. The first-order valence-electron chi connectivity index (χ1n) is 8.65.